The number of amides is 1. The van der Waals surface area contributed by atoms with E-state index in [9.17, 15) is 13.2 Å². The maximum absolute atomic E-state index is 12.8. The molecule has 30 heavy (non-hydrogen) atoms. The van der Waals surface area contributed by atoms with Crippen LogP contribution in [0.1, 0.15) is 49.7 Å². The van der Waals surface area contributed by atoms with E-state index in [0.717, 1.165) is 12.1 Å². The Labute approximate surface area is 180 Å². The molecule has 0 aromatic heterocycles. The summed E-state index contributed by atoms with van der Waals surface area (Å²) in [7, 11) is 0.215. The summed E-state index contributed by atoms with van der Waals surface area (Å²) in [5, 5.41) is 3.01. The number of rotatable bonds is 9. The lowest BCUT2D eigenvalue weighted by Gasteiger charge is -2.34. The monoisotopic (exact) mass is 431 g/mol. The highest BCUT2D eigenvalue weighted by Gasteiger charge is 2.28. The van der Waals surface area contributed by atoms with Gasteiger partial charge in [0.1, 0.15) is 0 Å². The highest BCUT2D eigenvalue weighted by Crippen LogP contribution is 2.22. The zero-order valence-corrected chi connectivity index (χ0v) is 19.5. The van der Waals surface area contributed by atoms with Gasteiger partial charge in [-0.15, -0.1) is 0 Å². The zero-order valence-electron chi connectivity index (χ0n) is 18.6. The molecule has 0 spiro atoms. The third kappa shape index (κ3) is 6.39. The SMILES string of the molecule is C[C@@H](NS(=O)(=O)c1cccc(C(=O)N[C@H](C)C(C)(C)CN(C)C)c1)c1ccccc1. The van der Waals surface area contributed by atoms with Gasteiger partial charge in [0.2, 0.25) is 10.0 Å². The molecule has 1 amide bonds. The van der Waals surface area contributed by atoms with E-state index in [1.807, 2.05) is 51.4 Å². The minimum Gasteiger partial charge on any atom is -0.349 e. The van der Waals surface area contributed by atoms with Crippen LogP contribution < -0.4 is 10.0 Å². The molecule has 0 aliphatic carbocycles. The highest BCUT2D eigenvalue weighted by atomic mass is 32.2. The van der Waals surface area contributed by atoms with Crippen LogP contribution in [0, 0.1) is 5.41 Å². The summed E-state index contributed by atoms with van der Waals surface area (Å²) >= 11 is 0. The third-order valence-corrected chi connectivity index (χ3v) is 6.82. The van der Waals surface area contributed by atoms with E-state index in [4.69, 9.17) is 0 Å². The molecule has 2 atom stereocenters. The molecule has 0 unspecified atom stereocenters. The molecule has 0 heterocycles. The summed E-state index contributed by atoms with van der Waals surface area (Å²) in [4.78, 5) is 14.9. The van der Waals surface area contributed by atoms with E-state index in [1.165, 1.54) is 12.1 Å². The van der Waals surface area contributed by atoms with Crippen molar-refractivity contribution in [1.29, 1.82) is 0 Å². The van der Waals surface area contributed by atoms with Crippen molar-refractivity contribution in [3.05, 3.63) is 65.7 Å². The lowest BCUT2D eigenvalue weighted by Crippen LogP contribution is -2.47. The molecule has 164 valence electrons. The van der Waals surface area contributed by atoms with Gasteiger partial charge < -0.3 is 10.2 Å². The van der Waals surface area contributed by atoms with E-state index in [0.29, 0.717) is 5.56 Å². The van der Waals surface area contributed by atoms with Gasteiger partial charge in [-0.1, -0.05) is 50.2 Å². The van der Waals surface area contributed by atoms with Gasteiger partial charge in [-0.3, -0.25) is 4.79 Å². The predicted octanol–water partition coefficient (Wildman–Crippen LogP) is 3.43. The van der Waals surface area contributed by atoms with Crippen molar-refractivity contribution in [2.45, 2.75) is 44.7 Å². The summed E-state index contributed by atoms with van der Waals surface area (Å²) in [6.07, 6.45) is 0. The molecule has 0 saturated carbocycles. The summed E-state index contributed by atoms with van der Waals surface area (Å²) in [5.74, 6) is -0.289. The number of nitrogens with zero attached hydrogens (tertiary/aromatic N) is 1. The lowest BCUT2D eigenvalue weighted by atomic mass is 9.84. The Bertz CT molecular complexity index is 957. The van der Waals surface area contributed by atoms with Gasteiger partial charge in [-0.25, -0.2) is 13.1 Å². The van der Waals surface area contributed by atoms with E-state index in [1.54, 1.807) is 19.1 Å². The predicted molar refractivity (Wildman–Crippen MR) is 121 cm³/mol. The summed E-state index contributed by atoms with van der Waals surface area (Å²) in [5.41, 5.74) is 1.04. The van der Waals surface area contributed by atoms with Crippen LogP contribution in [0.2, 0.25) is 0 Å². The minimum absolute atomic E-state index is 0.0677. The van der Waals surface area contributed by atoms with Gasteiger partial charge in [-0.2, -0.15) is 0 Å². The first-order valence-electron chi connectivity index (χ1n) is 10.1. The average Bonchev–Trinajstić information content (AvgIpc) is 2.67. The number of benzene rings is 2. The van der Waals surface area contributed by atoms with Crippen molar-refractivity contribution in [2.24, 2.45) is 5.41 Å². The molecule has 7 heteroatoms. The largest absolute Gasteiger partial charge is 0.349 e. The Morgan fingerprint density at radius 2 is 1.67 bits per heavy atom. The number of nitrogens with one attached hydrogen (secondary N) is 2. The van der Waals surface area contributed by atoms with E-state index < -0.39 is 10.0 Å². The molecular formula is C23H33N3O3S. The summed E-state index contributed by atoms with van der Waals surface area (Å²) in [6, 6.07) is 15.0. The fraction of sp³-hybridized carbons (Fsp3) is 0.435. The number of carbonyl (C=O) groups excluding carboxylic acids is 1. The molecule has 2 aromatic rings. The van der Waals surface area contributed by atoms with E-state index >= 15 is 0 Å². The van der Waals surface area contributed by atoms with Crippen molar-refractivity contribution in [1.82, 2.24) is 14.9 Å². The molecule has 6 nitrogen and oxygen atoms in total. The number of hydrogen-bond donors (Lipinski definition) is 2. The van der Waals surface area contributed by atoms with Gasteiger partial charge in [0.05, 0.1) is 4.90 Å². The second-order valence-corrected chi connectivity index (χ2v) is 10.4. The molecule has 2 rings (SSSR count). The quantitative estimate of drug-likeness (QED) is 0.638. The number of sulfonamides is 1. The Balaban J connectivity index is 2.15. The Hall–Kier alpha value is -2.22. The fourth-order valence-corrected chi connectivity index (χ4v) is 4.62. The van der Waals surface area contributed by atoms with Crippen molar-refractivity contribution in [3.8, 4) is 0 Å². The maximum Gasteiger partial charge on any atom is 0.251 e. The average molecular weight is 432 g/mol. The molecule has 2 N–H and O–H groups in total. The third-order valence-electron chi connectivity index (χ3n) is 5.28. The first kappa shape index (κ1) is 24.1. The van der Waals surface area contributed by atoms with Crippen LogP contribution in [-0.4, -0.2) is 45.9 Å². The molecule has 0 radical (unpaired) electrons. The molecule has 0 aliphatic heterocycles. The Morgan fingerprint density at radius 3 is 2.27 bits per heavy atom. The maximum atomic E-state index is 12.8. The molecular weight excluding hydrogens is 398 g/mol. The van der Waals surface area contributed by atoms with Gasteiger partial charge >= 0.3 is 0 Å². The summed E-state index contributed by atoms with van der Waals surface area (Å²) in [6.45, 7) is 8.74. The van der Waals surface area contributed by atoms with Crippen molar-refractivity contribution in [3.63, 3.8) is 0 Å². The zero-order chi connectivity index (χ0) is 22.5. The second kappa shape index (κ2) is 9.73. The van der Waals surface area contributed by atoms with Crippen LogP contribution in [0.5, 0.6) is 0 Å². The Kier molecular flexibility index (Phi) is 7.80. The van der Waals surface area contributed by atoms with Crippen molar-refractivity contribution < 1.29 is 13.2 Å². The summed E-state index contributed by atoms with van der Waals surface area (Å²) < 4.78 is 28.4. The standard InChI is InChI=1S/C23H33N3O3S/c1-17(19-11-8-7-9-12-19)25-30(28,29)21-14-10-13-20(15-21)22(27)24-18(2)23(3,4)16-26(5)6/h7-15,17-18,25H,16H2,1-6H3,(H,24,27)/t17-,18-/m1/s1. The normalized spacial score (nSPS) is 14.4. The van der Waals surface area contributed by atoms with Crippen molar-refractivity contribution >= 4 is 15.9 Å². The second-order valence-electron chi connectivity index (χ2n) is 8.70. The van der Waals surface area contributed by atoms with Crippen molar-refractivity contribution in [2.75, 3.05) is 20.6 Å². The van der Waals surface area contributed by atoms with Crippen LogP contribution in [0.15, 0.2) is 59.5 Å². The van der Waals surface area contributed by atoms with Gasteiger partial charge in [-0.05, 0) is 57.1 Å². The van der Waals surface area contributed by atoms with Crippen LogP contribution >= 0.6 is 0 Å². The number of carbonyl (C=O) groups is 1. The highest BCUT2D eigenvalue weighted by molar-refractivity contribution is 7.89. The first-order valence-corrected chi connectivity index (χ1v) is 11.5. The molecule has 0 saturated heterocycles. The van der Waals surface area contributed by atoms with E-state index in [2.05, 4.69) is 28.8 Å². The van der Waals surface area contributed by atoms with Crippen LogP contribution in [0.25, 0.3) is 0 Å². The van der Waals surface area contributed by atoms with Crippen LogP contribution in [-0.2, 0) is 10.0 Å². The minimum atomic E-state index is -3.77. The molecule has 0 aliphatic rings. The topological polar surface area (TPSA) is 78.5 Å². The first-order chi connectivity index (χ1) is 13.9. The van der Waals surface area contributed by atoms with Gasteiger partial charge in [0.15, 0.2) is 0 Å². The van der Waals surface area contributed by atoms with Gasteiger partial charge in [0, 0.05) is 24.2 Å². The fourth-order valence-electron chi connectivity index (χ4n) is 3.34. The molecule has 2 aromatic carbocycles. The number of hydrogen-bond acceptors (Lipinski definition) is 4. The van der Waals surface area contributed by atoms with Gasteiger partial charge in [0.25, 0.3) is 5.91 Å². The molecule has 0 bridgehead atoms. The molecule has 0 fully saturated rings. The van der Waals surface area contributed by atoms with Crippen LogP contribution in [0.4, 0.5) is 0 Å². The Morgan fingerprint density at radius 1 is 1.03 bits per heavy atom. The lowest BCUT2D eigenvalue weighted by molar-refractivity contribution is 0.0885. The van der Waals surface area contributed by atoms with Crippen LogP contribution in [0.3, 0.4) is 0 Å². The smallest absolute Gasteiger partial charge is 0.251 e. The van der Waals surface area contributed by atoms with E-state index in [-0.39, 0.29) is 28.3 Å².